The third kappa shape index (κ3) is 4.91. The lowest BCUT2D eigenvalue weighted by Gasteiger charge is -2.35. The molecular formula is C23H27N3O4S. The number of likely N-dealkylation sites (tertiary alicyclic amines) is 1. The fourth-order valence-corrected chi connectivity index (χ4v) is 4.62. The summed E-state index contributed by atoms with van der Waals surface area (Å²) < 4.78 is 16.2. The first-order valence-electron chi connectivity index (χ1n) is 10.4. The molecule has 2 aromatic heterocycles. The van der Waals surface area contributed by atoms with Crippen LogP contribution in [0, 0.1) is 0 Å². The summed E-state index contributed by atoms with van der Waals surface area (Å²) in [5, 5.41) is 8.96. The number of amides is 1. The Hall–Kier alpha value is -2.84. The molecule has 31 heavy (non-hydrogen) atoms. The van der Waals surface area contributed by atoms with Gasteiger partial charge in [0.05, 0.1) is 25.1 Å². The Labute approximate surface area is 185 Å². The van der Waals surface area contributed by atoms with E-state index in [1.165, 1.54) is 6.42 Å². The van der Waals surface area contributed by atoms with Gasteiger partial charge in [0.15, 0.2) is 23.0 Å². The van der Waals surface area contributed by atoms with E-state index in [0.29, 0.717) is 23.8 Å². The molecule has 1 aromatic carbocycles. The molecular weight excluding hydrogens is 414 g/mol. The molecule has 1 fully saturated rings. The monoisotopic (exact) mass is 441 g/mol. The summed E-state index contributed by atoms with van der Waals surface area (Å²) in [6.45, 7) is 2.47. The minimum atomic E-state index is -0.242. The smallest absolute Gasteiger partial charge is 0.273 e. The normalized spacial score (nSPS) is 15.4. The molecule has 1 aliphatic rings. The fourth-order valence-electron chi connectivity index (χ4n) is 3.94. The van der Waals surface area contributed by atoms with Gasteiger partial charge in [-0.25, -0.2) is 0 Å². The number of piperidine rings is 1. The van der Waals surface area contributed by atoms with Gasteiger partial charge >= 0.3 is 0 Å². The Kier molecular flexibility index (Phi) is 6.89. The van der Waals surface area contributed by atoms with Gasteiger partial charge in [-0.1, -0.05) is 23.7 Å². The Morgan fingerprint density at radius 3 is 2.68 bits per heavy atom. The van der Waals surface area contributed by atoms with Crippen molar-refractivity contribution in [3.8, 4) is 22.1 Å². The maximum atomic E-state index is 12.8. The van der Waals surface area contributed by atoms with Crippen molar-refractivity contribution in [1.82, 2.24) is 15.4 Å². The zero-order valence-electron chi connectivity index (χ0n) is 17.8. The van der Waals surface area contributed by atoms with Crippen LogP contribution in [-0.4, -0.2) is 49.8 Å². The number of rotatable bonds is 8. The molecule has 3 heterocycles. The highest BCUT2D eigenvalue weighted by molar-refractivity contribution is 7.13. The molecule has 1 amide bonds. The van der Waals surface area contributed by atoms with Crippen LogP contribution in [0.2, 0.25) is 0 Å². The van der Waals surface area contributed by atoms with Crippen molar-refractivity contribution in [3.05, 3.63) is 53.0 Å². The van der Waals surface area contributed by atoms with Crippen LogP contribution < -0.4 is 14.8 Å². The molecule has 0 radical (unpaired) electrons. The lowest BCUT2D eigenvalue weighted by molar-refractivity contribution is 0.0915. The summed E-state index contributed by atoms with van der Waals surface area (Å²) in [4.78, 5) is 16.1. The molecule has 4 rings (SSSR count). The number of aromatic nitrogens is 1. The second-order valence-electron chi connectivity index (χ2n) is 7.49. The second kappa shape index (κ2) is 9.98. The average Bonchev–Trinajstić information content (AvgIpc) is 3.52. The van der Waals surface area contributed by atoms with E-state index in [1.807, 2.05) is 35.7 Å². The van der Waals surface area contributed by atoms with E-state index in [-0.39, 0.29) is 17.6 Å². The van der Waals surface area contributed by atoms with Crippen molar-refractivity contribution < 1.29 is 18.8 Å². The van der Waals surface area contributed by atoms with Crippen LogP contribution in [0.4, 0.5) is 0 Å². The SMILES string of the molecule is COc1ccc([C@H](CNC(=O)c2cc(-c3cccs3)on2)N2CCCCC2)cc1OC. The largest absolute Gasteiger partial charge is 0.493 e. The first-order valence-corrected chi connectivity index (χ1v) is 11.3. The summed E-state index contributed by atoms with van der Waals surface area (Å²) in [7, 11) is 3.26. The van der Waals surface area contributed by atoms with Gasteiger partial charge in [0.2, 0.25) is 0 Å². The molecule has 1 aliphatic heterocycles. The number of thiophene rings is 1. The van der Waals surface area contributed by atoms with Crippen LogP contribution in [0.1, 0.15) is 41.4 Å². The van der Waals surface area contributed by atoms with E-state index >= 15 is 0 Å². The van der Waals surface area contributed by atoms with Crippen LogP contribution in [0.5, 0.6) is 11.5 Å². The van der Waals surface area contributed by atoms with Gasteiger partial charge < -0.3 is 19.3 Å². The van der Waals surface area contributed by atoms with Crippen LogP contribution in [0.25, 0.3) is 10.6 Å². The number of nitrogens with one attached hydrogen (secondary N) is 1. The standard InChI is InChI=1S/C23H27N3O4S/c1-28-19-9-8-16(13-20(19)29-2)18(26-10-4-3-5-11-26)15-24-23(27)17-14-21(30-25-17)22-7-6-12-31-22/h6-9,12-14,18H,3-5,10-11,15H2,1-2H3,(H,24,27)/t18-/m0/s1. The van der Waals surface area contributed by atoms with E-state index in [0.717, 1.165) is 36.4 Å². The highest BCUT2D eigenvalue weighted by Gasteiger charge is 2.25. The number of hydrogen-bond acceptors (Lipinski definition) is 7. The lowest BCUT2D eigenvalue weighted by atomic mass is 10.0. The zero-order chi connectivity index (χ0) is 21.6. The maximum Gasteiger partial charge on any atom is 0.273 e. The molecule has 0 bridgehead atoms. The van der Waals surface area contributed by atoms with E-state index in [1.54, 1.807) is 31.6 Å². The molecule has 8 heteroatoms. The first kappa shape index (κ1) is 21.4. The van der Waals surface area contributed by atoms with Crippen LogP contribution in [-0.2, 0) is 0 Å². The molecule has 3 aromatic rings. The van der Waals surface area contributed by atoms with Gasteiger partial charge in [0.25, 0.3) is 5.91 Å². The van der Waals surface area contributed by atoms with Crippen LogP contribution in [0.3, 0.4) is 0 Å². The Balaban J connectivity index is 1.50. The summed E-state index contributed by atoms with van der Waals surface area (Å²) >= 11 is 1.55. The third-order valence-corrected chi connectivity index (χ3v) is 6.47. The van der Waals surface area contributed by atoms with Gasteiger partial charge in [0, 0.05) is 12.6 Å². The fraction of sp³-hybridized carbons (Fsp3) is 0.391. The second-order valence-corrected chi connectivity index (χ2v) is 8.44. The van der Waals surface area contributed by atoms with E-state index in [4.69, 9.17) is 14.0 Å². The number of ether oxygens (including phenoxy) is 2. The Morgan fingerprint density at radius 2 is 1.97 bits per heavy atom. The highest BCUT2D eigenvalue weighted by Crippen LogP contribution is 2.33. The number of nitrogens with zero attached hydrogens (tertiary/aromatic N) is 2. The Bertz CT molecular complexity index is 996. The maximum absolute atomic E-state index is 12.8. The van der Waals surface area contributed by atoms with Crippen LogP contribution in [0.15, 0.2) is 46.3 Å². The summed E-state index contributed by atoms with van der Waals surface area (Å²) in [5.41, 5.74) is 1.37. The third-order valence-electron chi connectivity index (χ3n) is 5.59. The molecule has 0 saturated carbocycles. The van der Waals surface area contributed by atoms with Gasteiger partial charge in [-0.3, -0.25) is 9.69 Å². The molecule has 0 spiro atoms. The summed E-state index contributed by atoms with van der Waals surface area (Å²) in [6.07, 6.45) is 3.56. The first-order chi connectivity index (χ1) is 15.2. The average molecular weight is 442 g/mol. The number of carbonyl (C=O) groups is 1. The molecule has 164 valence electrons. The highest BCUT2D eigenvalue weighted by atomic mass is 32.1. The molecule has 0 aliphatic carbocycles. The van der Waals surface area contributed by atoms with Crippen molar-refractivity contribution in [3.63, 3.8) is 0 Å². The topological polar surface area (TPSA) is 76.8 Å². The van der Waals surface area contributed by atoms with Crippen molar-refractivity contribution in [1.29, 1.82) is 0 Å². The summed E-state index contributed by atoms with van der Waals surface area (Å²) in [5.74, 6) is 1.74. The van der Waals surface area contributed by atoms with Crippen molar-refractivity contribution in [2.75, 3.05) is 33.9 Å². The number of benzene rings is 1. The molecule has 0 unspecified atom stereocenters. The molecule has 1 saturated heterocycles. The quantitative estimate of drug-likeness (QED) is 0.559. The number of methoxy groups -OCH3 is 2. The zero-order valence-corrected chi connectivity index (χ0v) is 18.6. The minimum Gasteiger partial charge on any atom is -0.493 e. The predicted octanol–water partition coefficient (Wildman–Crippen LogP) is 4.38. The van der Waals surface area contributed by atoms with Gasteiger partial charge in [-0.2, -0.15) is 0 Å². The predicted molar refractivity (Wildman–Crippen MR) is 120 cm³/mol. The lowest BCUT2D eigenvalue weighted by Crippen LogP contribution is -2.40. The van der Waals surface area contributed by atoms with E-state index in [2.05, 4.69) is 15.4 Å². The molecule has 1 N–H and O–H groups in total. The van der Waals surface area contributed by atoms with E-state index < -0.39 is 0 Å². The van der Waals surface area contributed by atoms with Gasteiger partial charge in [-0.05, 0) is 55.1 Å². The van der Waals surface area contributed by atoms with Crippen molar-refractivity contribution >= 4 is 17.2 Å². The van der Waals surface area contributed by atoms with Crippen molar-refractivity contribution in [2.24, 2.45) is 0 Å². The minimum absolute atomic E-state index is 0.0349. The Morgan fingerprint density at radius 1 is 1.16 bits per heavy atom. The van der Waals surface area contributed by atoms with Gasteiger partial charge in [-0.15, -0.1) is 11.3 Å². The summed E-state index contributed by atoms with van der Waals surface area (Å²) in [6, 6.07) is 11.6. The number of hydrogen-bond donors (Lipinski definition) is 1. The number of carbonyl (C=O) groups excluding carboxylic acids is 1. The van der Waals surface area contributed by atoms with Gasteiger partial charge in [0.1, 0.15) is 0 Å². The van der Waals surface area contributed by atoms with Crippen LogP contribution >= 0.6 is 11.3 Å². The van der Waals surface area contributed by atoms with Crippen molar-refractivity contribution in [2.45, 2.75) is 25.3 Å². The molecule has 1 atom stereocenters. The molecule has 7 nitrogen and oxygen atoms in total. The van der Waals surface area contributed by atoms with E-state index in [9.17, 15) is 4.79 Å².